The Hall–Kier alpha value is -7.69. The second kappa shape index (κ2) is 21.4. The number of piperazine rings is 1. The number of Topliss-reactive ketones (excluding diaryl/α,β-unsaturated/α-hetero) is 1. The van der Waals surface area contributed by atoms with E-state index in [2.05, 4.69) is 10.4 Å². The summed E-state index contributed by atoms with van der Waals surface area (Å²) in [6.45, 7) is 14.5. The van der Waals surface area contributed by atoms with Crippen molar-refractivity contribution in [3.63, 3.8) is 0 Å². The third-order valence-corrected chi connectivity index (χ3v) is 15.2. The highest BCUT2D eigenvalue weighted by atomic mass is 19.1. The molecular formula is C55H64FN5O16. The predicted molar refractivity (Wildman–Crippen MR) is 281 cm³/mol. The Balaban J connectivity index is 1.21. The second-order valence-electron chi connectivity index (χ2n) is 20.5. The Morgan fingerprint density at radius 3 is 2.34 bits per heavy atom. The lowest BCUT2D eigenvalue weighted by Crippen LogP contribution is -2.50. The van der Waals surface area contributed by atoms with E-state index in [1.54, 1.807) is 55.2 Å². The molecule has 77 heavy (non-hydrogen) atoms. The maximum absolute atomic E-state index is 16.3. The number of hydrogen-bond acceptors (Lipinski definition) is 18. The van der Waals surface area contributed by atoms with Gasteiger partial charge in [0.15, 0.2) is 17.3 Å². The van der Waals surface area contributed by atoms with Crippen molar-refractivity contribution in [3.8, 4) is 28.7 Å². The molecule has 0 radical (unpaired) electrons. The predicted octanol–water partition coefficient (Wildman–Crippen LogP) is 6.16. The van der Waals surface area contributed by atoms with Crippen LogP contribution in [0.5, 0.6) is 28.7 Å². The number of esters is 1. The molecule has 7 N–H and O–H groups in total. The number of aliphatic hydroxyl groups excluding tert-OH is 2. The molecule has 0 spiro atoms. The number of methoxy groups -OCH3 is 1. The first-order valence-electron chi connectivity index (χ1n) is 25.2. The smallest absolute Gasteiger partial charge is 0.341 e. The van der Waals surface area contributed by atoms with Gasteiger partial charge in [-0.2, -0.15) is 5.10 Å². The maximum atomic E-state index is 16.3. The zero-order valence-electron chi connectivity index (χ0n) is 44.3. The number of rotatable bonds is 6. The van der Waals surface area contributed by atoms with Gasteiger partial charge in [0, 0.05) is 80.9 Å². The van der Waals surface area contributed by atoms with Crippen molar-refractivity contribution < 1.29 is 77.9 Å². The fourth-order valence-corrected chi connectivity index (χ4v) is 10.5. The minimum absolute atomic E-state index is 0.0223. The van der Waals surface area contributed by atoms with Crippen LogP contribution >= 0.6 is 0 Å². The highest BCUT2D eigenvalue weighted by molar-refractivity contribution is 6.24. The molecule has 1 aromatic heterocycles. The number of amides is 1. The van der Waals surface area contributed by atoms with Crippen molar-refractivity contribution in [2.24, 2.45) is 22.9 Å². The van der Waals surface area contributed by atoms with Gasteiger partial charge in [0.25, 0.3) is 11.7 Å². The molecule has 1 saturated heterocycles. The van der Waals surface area contributed by atoms with Gasteiger partial charge in [0.2, 0.25) is 5.43 Å². The fraction of sp³-hybridized carbons (Fsp3) is 0.455. The molecule has 10 atom stereocenters. The van der Waals surface area contributed by atoms with E-state index in [-0.39, 0.29) is 94.4 Å². The molecule has 5 aliphatic rings. The van der Waals surface area contributed by atoms with Crippen molar-refractivity contribution in [2.75, 3.05) is 43.6 Å². The lowest BCUT2D eigenvalue weighted by molar-refractivity contribution is -0.154. The molecule has 6 heterocycles. The van der Waals surface area contributed by atoms with Crippen LogP contribution in [0.4, 0.5) is 15.8 Å². The average molecular weight is 1070 g/mol. The number of nitrogens with zero attached hydrogens (tertiary/aromatic N) is 4. The average Bonchev–Trinajstić information content (AvgIpc) is 3.69. The zero-order valence-corrected chi connectivity index (χ0v) is 44.3. The summed E-state index contributed by atoms with van der Waals surface area (Å²) >= 11 is 0. The van der Waals surface area contributed by atoms with Gasteiger partial charge < -0.3 is 69.1 Å². The van der Waals surface area contributed by atoms with Crippen molar-refractivity contribution in [2.45, 2.75) is 111 Å². The molecule has 412 valence electrons. The monoisotopic (exact) mass is 1070 g/mol. The number of aliphatic hydroxyl groups is 2. The van der Waals surface area contributed by atoms with Gasteiger partial charge in [-0.25, -0.2) is 9.18 Å². The van der Waals surface area contributed by atoms with Gasteiger partial charge >= 0.3 is 17.7 Å². The lowest BCUT2D eigenvalue weighted by Gasteiger charge is -2.40. The van der Waals surface area contributed by atoms with Gasteiger partial charge in [-0.3, -0.25) is 24.2 Å². The molecule has 5 bridgehead atoms. The first kappa shape index (κ1) is 55.5. The largest absolute Gasteiger partial charge is 0.507 e. The number of halogens is 1. The number of carboxylic acids is 1. The van der Waals surface area contributed by atoms with Crippen molar-refractivity contribution in [3.05, 3.63) is 86.7 Å². The molecule has 1 fully saturated rings. The molecular weight excluding hydrogens is 1010 g/mol. The first-order chi connectivity index (χ1) is 36.3. The Bertz CT molecular complexity index is 3280. The van der Waals surface area contributed by atoms with Crippen LogP contribution in [0.2, 0.25) is 0 Å². The zero-order chi connectivity index (χ0) is 56.3. The summed E-state index contributed by atoms with van der Waals surface area (Å²) in [5.74, 6) is -10.7. The van der Waals surface area contributed by atoms with Gasteiger partial charge in [-0.05, 0) is 39.8 Å². The highest BCUT2D eigenvalue weighted by Crippen LogP contribution is 2.55. The van der Waals surface area contributed by atoms with Crippen LogP contribution in [0.1, 0.15) is 99.7 Å². The Morgan fingerprint density at radius 2 is 1.68 bits per heavy atom. The Morgan fingerprint density at radius 1 is 0.961 bits per heavy atom. The number of carbonyl (C=O) groups is 4. The van der Waals surface area contributed by atoms with E-state index in [0.717, 1.165) is 12.3 Å². The van der Waals surface area contributed by atoms with E-state index in [1.807, 2.05) is 0 Å². The number of fused-ring (bicyclic) bond motifs is 14. The fourth-order valence-electron chi connectivity index (χ4n) is 10.5. The molecule has 3 aromatic carbocycles. The summed E-state index contributed by atoms with van der Waals surface area (Å²) in [6, 6.07) is 0.125. The van der Waals surface area contributed by atoms with Gasteiger partial charge in [-0.1, -0.05) is 39.0 Å². The molecule has 0 saturated carbocycles. The van der Waals surface area contributed by atoms with E-state index < -0.39 is 123 Å². The van der Waals surface area contributed by atoms with Crippen molar-refractivity contribution >= 4 is 62.9 Å². The van der Waals surface area contributed by atoms with Gasteiger partial charge in [0.05, 0.1) is 82.5 Å². The molecule has 5 aliphatic heterocycles. The number of hydrogen-bond donors (Lipinski definition) is 7. The van der Waals surface area contributed by atoms with Crippen LogP contribution in [-0.4, -0.2) is 140 Å². The number of pyridine rings is 1. The van der Waals surface area contributed by atoms with Crippen LogP contribution in [0.15, 0.2) is 58.3 Å². The summed E-state index contributed by atoms with van der Waals surface area (Å²) in [7, 11) is 1.40. The van der Waals surface area contributed by atoms with Crippen molar-refractivity contribution in [1.29, 1.82) is 0 Å². The van der Waals surface area contributed by atoms with Crippen LogP contribution < -0.4 is 25.1 Å². The number of aromatic carboxylic acids is 1. The molecule has 2 unspecified atom stereocenters. The van der Waals surface area contributed by atoms with Crippen LogP contribution in [0, 0.1) is 30.5 Å². The quantitative estimate of drug-likeness (QED) is 0.0493. The van der Waals surface area contributed by atoms with E-state index in [4.69, 9.17) is 23.7 Å². The number of allylic oxidation sites excluding steroid dienone is 2. The topological polar surface area (TPSA) is 289 Å². The number of ether oxygens (including phenoxy) is 5. The number of nitrogens with one attached hydrogen (secondary N) is 1. The maximum Gasteiger partial charge on any atom is 0.341 e. The third kappa shape index (κ3) is 10.00. The number of phenols is 3. The summed E-state index contributed by atoms with van der Waals surface area (Å²) in [5.41, 5.74) is -1.95. The van der Waals surface area contributed by atoms with Crippen molar-refractivity contribution in [1.82, 2.24) is 9.58 Å². The van der Waals surface area contributed by atoms with E-state index >= 15 is 4.39 Å². The minimum atomic E-state index is -2.15. The van der Waals surface area contributed by atoms with E-state index in [9.17, 15) is 54.6 Å². The first-order valence-corrected chi connectivity index (χ1v) is 25.2. The third-order valence-electron chi connectivity index (χ3n) is 15.2. The number of ketones is 1. The molecule has 0 aliphatic carbocycles. The number of hydrazone groups is 1. The number of benzene rings is 3. The normalized spacial score (nSPS) is 28.7. The number of anilines is 2. The molecule has 4 aromatic rings. The Kier molecular flexibility index (Phi) is 15.4. The summed E-state index contributed by atoms with van der Waals surface area (Å²) in [6.07, 6.45) is 5.50. The number of carboxylic acid groups (broad SMARTS) is 1. The standard InChI is InChI=1S/C55H64FN5O16/c1-24-12-11-13-25(2)53(70)58-42-33(20-57-61-16-15-59(21-26(61)3)44-35(56)18-32-43-51(44)74-23-27(4)60(43)22-34(47(32)66)54(71)72)48(67)39-40(49(42)68)46(65)30(7)50-41(39)52(69)55(9,77-50)75-17-14-37(73-10)29(6)38(76-31(8)62)19-36(63)28(5)45(24)64/h11-14,17-18,20,22,24,26-29,36-38,45,63-65,67-68H,15-16,19,21,23H2,1-10H3,(H,58,70)(H,71,72)/b12-11+,17-14+,25-13-,57-20+/t24-,26?,27?,28-,29+,36-,37-,38-,45-,55-/m0/s1. The van der Waals surface area contributed by atoms with E-state index in [1.165, 1.54) is 65.4 Å². The molecule has 22 heteroatoms. The highest BCUT2D eigenvalue weighted by Gasteiger charge is 2.50. The Labute approximate surface area is 442 Å². The number of carbonyl (C=O) groups excluding carboxylic acids is 3. The SMILES string of the molecule is CO[C@H]1/C=C/O[C@@]2(C)Oc3c(C)c(O)c4c(O)c(c(/C=N/N5CCN(c6c(F)cc7c(=O)c(C(=O)O)cn8c7c6OCC8C)CC5C)c(O)c4c3C2=O)NC(=O)/C(C)=C\C=C\[C@H](C)[C@H](O)[C@@H](C)[C@@H](O)C[C@H](OC(C)=O)[C@@H]1C. The molecule has 9 rings (SSSR count). The minimum Gasteiger partial charge on any atom is -0.507 e. The van der Waals surface area contributed by atoms with Crippen LogP contribution in [-0.2, 0) is 23.8 Å². The molecule has 21 nitrogen and oxygen atoms in total. The summed E-state index contributed by atoms with van der Waals surface area (Å²) in [5, 5.41) is 77.0. The molecule has 1 amide bonds. The lowest BCUT2D eigenvalue weighted by atomic mass is 9.84. The second-order valence-corrected chi connectivity index (χ2v) is 20.5. The summed E-state index contributed by atoms with van der Waals surface area (Å²) in [4.78, 5) is 68.1. The number of phenolic OH excluding ortho intramolecular Hbond substituents is 3. The number of aromatic nitrogens is 1. The van der Waals surface area contributed by atoms with Gasteiger partial charge in [-0.15, -0.1) is 0 Å². The van der Waals surface area contributed by atoms with Crippen LogP contribution in [0.25, 0.3) is 21.7 Å². The van der Waals surface area contributed by atoms with Crippen LogP contribution in [0.3, 0.4) is 0 Å². The summed E-state index contributed by atoms with van der Waals surface area (Å²) < 4.78 is 47.5. The number of aromatic hydroxyl groups is 3. The van der Waals surface area contributed by atoms with Gasteiger partial charge in [0.1, 0.15) is 41.2 Å². The van der Waals surface area contributed by atoms with E-state index in [0.29, 0.717) is 0 Å².